The van der Waals surface area contributed by atoms with Crippen LogP contribution in [0.5, 0.6) is 0 Å². The molecular formula is C17H10F3N3. The van der Waals surface area contributed by atoms with Crippen molar-refractivity contribution in [2.75, 3.05) is 0 Å². The van der Waals surface area contributed by atoms with E-state index in [1.807, 2.05) is 0 Å². The van der Waals surface area contributed by atoms with E-state index in [0.29, 0.717) is 16.5 Å². The molecule has 4 rings (SSSR count). The number of hydrogen-bond donors (Lipinski definition) is 0. The van der Waals surface area contributed by atoms with Crippen molar-refractivity contribution in [1.29, 1.82) is 0 Å². The number of halogens is 3. The number of rotatable bonds is 1. The van der Waals surface area contributed by atoms with E-state index in [0.717, 1.165) is 11.6 Å². The minimum absolute atomic E-state index is 0.0429. The zero-order valence-corrected chi connectivity index (χ0v) is 12.0. The Balaban J connectivity index is 2.12. The molecule has 0 fully saturated rings. The van der Waals surface area contributed by atoms with Gasteiger partial charge in [0.15, 0.2) is 11.6 Å². The molecule has 3 heterocycles. The predicted octanol–water partition coefficient (Wildman–Crippen LogP) is 4.21. The summed E-state index contributed by atoms with van der Waals surface area (Å²) in [6, 6.07) is 5.77. The molecule has 0 saturated carbocycles. The standard InChI is InChI=1S/C17H10F3N3/c1-23-12-4-5-21-8-11(12)15-13(23)6-10(16(19)17(15)20)9-2-3-14(18)22-7-9/h2-8H,1H3. The number of fused-ring (bicyclic) bond motifs is 3. The maximum absolute atomic E-state index is 14.7. The maximum Gasteiger partial charge on any atom is 0.212 e. The maximum atomic E-state index is 14.7. The van der Waals surface area contributed by atoms with Gasteiger partial charge in [0, 0.05) is 47.5 Å². The Bertz CT molecular complexity index is 1050. The van der Waals surface area contributed by atoms with Gasteiger partial charge in [-0.15, -0.1) is 0 Å². The van der Waals surface area contributed by atoms with Crippen LogP contribution >= 0.6 is 0 Å². The third-order valence-corrected chi connectivity index (χ3v) is 4.01. The van der Waals surface area contributed by atoms with Gasteiger partial charge in [0.05, 0.1) is 11.0 Å². The number of pyridine rings is 2. The molecule has 1 aromatic carbocycles. The van der Waals surface area contributed by atoms with Crippen LogP contribution in [-0.4, -0.2) is 14.5 Å². The second-order valence-electron chi connectivity index (χ2n) is 5.27. The molecule has 0 atom stereocenters. The Hall–Kier alpha value is -2.89. The molecule has 114 valence electrons. The summed E-state index contributed by atoms with van der Waals surface area (Å²) >= 11 is 0. The summed E-state index contributed by atoms with van der Waals surface area (Å²) in [6.07, 6.45) is 4.29. The van der Waals surface area contributed by atoms with Crippen LogP contribution in [0.2, 0.25) is 0 Å². The molecule has 4 aromatic rings. The van der Waals surface area contributed by atoms with Crippen molar-refractivity contribution in [3.05, 3.63) is 60.4 Å². The fourth-order valence-corrected chi connectivity index (χ4v) is 2.88. The molecule has 3 aromatic heterocycles. The minimum Gasteiger partial charge on any atom is -0.343 e. The zero-order chi connectivity index (χ0) is 16.1. The van der Waals surface area contributed by atoms with Gasteiger partial charge in [-0.05, 0) is 24.3 Å². The van der Waals surface area contributed by atoms with Crippen molar-refractivity contribution in [2.24, 2.45) is 7.05 Å². The molecule has 0 spiro atoms. The second-order valence-corrected chi connectivity index (χ2v) is 5.27. The first-order valence-corrected chi connectivity index (χ1v) is 6.90. The topological polar surface area (TPSA) is 30.7 Å². The summed E-state index contributed by atoms with van der Waals surface area (Å²) < 4.78 is 43.9. The van der Waals surface area contributed by atoms with E-state index in [1.165, 1.54) is 18.5 Å². The number of benzene rings is 1. The van der Waals surface area contributed by atoms with Gasteiger partial charge in [-0.3, -0.25) is 4.98 Å². The fraction of sp³-hybridized carbons (Fsp3) is 0.0588. The smallest absolute Gasteiger partial charge is 0.212 e. The highest BCUT2D eigenvalue weighted by Crippen LogP contribution is 2.35. The Morgan fingerprint density at radius 1 is 0.957 bits per heavy atom. The normalized spacial score (nSPS) is 11.5. The second kappa shape index (κ2) is 4.81. The van der Waals surface area contributed by atoms with Crippen molar-refractivity contribution < 1.29 is 13.2 Å². The summed E-state index contributed by atoms with van der Waals surface area (Å²) in [5, 5.41) is 0.733. The van der Waals surface area contributed by atoms with Crippen molar-refractivity contribution in [3.63, 3.8) is 0 Å². The monoisotopic (exact) mass is 313 g/mol. The lowest BCUT2D eigenvalue weighted by Gasteiger charge is -2.07. The third kappa shape index (κ3) is 1.91. The largest absolute Gasteiger partial charge is 0.343 e. The van der Waals surface area contributed by atoms with Gasteiger partial charge >= 0.3 is 0 Å². The van der Waals surface area contributed by atoms with Crippen LogP contribution in [0, 0.1) is 17.6 Å². The van der Waals surface area contributed by atoms with Crippen molar-refractivity contribution in [2.45, 2.75) is 0 Å². The molecule has 0 unspecified atom stereocenters. The highest BCUT2D eigenvalue weighted by molar-refractivity contribution is 6.09. The summed E-state index contributed by atoms with van der Waals surface area (Å²) in [4.78, 5) is 7.48. The Morgan fingerprint density at radius 2 is 1.78 bits per heavy atom. The molecule has 0 aliphatic carbocycles. The van der Waals surface area contributed by atoms with E-state index in [-0.39, 0.29) is 10.9 Å². The highest BCUT2D eigenvalue weighted by Gasteiger charge is 2.20. The average molecular weight is 313 g/mol. The van der Waals surface area contributed by atoms with E-state index in [1.54, 1.807) is 29.9 Å². The van der Waals surface area contributed by atoms with Crippen LogP contribution in [0.25, 0.3) is 32.9 Å². The lowest BCUT2D eigenvalue weighted by atomic mass is 10.0. The van der Waals surface area contributed by atoms with Gasteiger partial charge in [-0.2, -0.15) is 4.39 Å². The van der Waals surface area contributed by atoms with Gasteiger partial charge in [-0.1, -0.05) is 0 Å². The van der Waals surface area contributed by atoms with E-state index < -0.39 is 17.6 Å². The van der Waals surface area contributed by atoms with Crippen LogP contribution in [-0.2, 0) is 7.05 Å². The van der Waals surface area contributed by atoms with E-state index in [9.17, 15) is 13.2 Å². The predicted molar refractivity (Wildman–Crippen MR) is 81.3 cm³/mol. The summed E-state index contributed by atoms with van der Waals surface area (Å²) in [5.41, 5.74) is 1.64. The van der Waals surface area contributed by atoms with Crippen molar-refractivity contribution >= 4 is 21.8 Å². The summed E-state index contributed by atoms with van der Waals surface area (Å²) in [6.45, 7) is 0. The van der Waals surface area contributed by atoms with Crippen molar-refractivity contribution in [3.8, 4) is 11.1 Å². The van der Waals surface area contributed by atoms with E-state index >= 15 is 0 Å². The molecule has 23 heavy (non-hydrogen) atoms. The van der Waals surface area contributed by atoms with Gasteiger partial charge < -0.3 is 4.57 Å². The first-order chi connectivity index (χ1) is 11.1. The quantitative estimate of drug-likeness (QED) is 0.493. The first kappa shape index (κ1) is 13.8. The summed E-state index contributed by atoms with van der Waals surface area (Å²) in [5.74, 6) is -2.60. The van der Waals surface area contributed by atoms with Gasteiger partial charge in [0.2, 0.25) is 5.95 Å². The zero-order valence-electron chi connectivity index (χ0n) is 12.0. The molecule has 0 amide bonds. The molecule has 0 bridgehead atoms. The highest BCUT2D eigenvalue weighted by atomic mass is 19.2. The first-order valence-electron chi connectivity index (χ1n) is 6.90. The van der Waals surface area contributed by atoms with Crippen LogP contribution in [0.4, 0.5) is 13.2 Å². The lowest BCUT2D eigenvalue weighted by molar-refractivity contribution is 0.519. The fourth-order valence-electron chi connectivity index (χ4n) is 2.88. The average Bonchev–Trinajstić information content (AvgIpc) is 2.85. The Labute approximate surface area is 129 Å². The minimum atomic E-state index is -0.984. The Morgan fingerprint density at radius 3 is 2.52 bits per heavy atom. The molecule has 0 aliphatic rings. The SMILES string of the molecule is Cn1c2ccncc2c2c(F)c(F)c(-c3ccc(F)nc3)cc21. The summed E-state index contributed by atoms with van der Waals surface area (Å²) in [7, 11) is 1.77. The number of aromatic nitrogens is 3. The lowest BCUT2D eigenvalue weighted by Crippen LogP contribution is -1.94. The molecule has 3 nitrogen and oxygen atoms in total. The van der Waals surface area contributed by atoms with E-state index in [4.69, 9.17) is 0 Å². The molecule has 0 N–H and O–H groups in total. The van der Waals surface area contributed by atoms with Crippen LogP contribution in [0.15, 0.2) is 42.9 Å². The van der Waals surface area contributed by atoms with Crippen LogP contribution < -0.4 is 0 Å². The van der Waals surface area contributed by atoms with Gasteiger partial charge in [0.25, 0.3) is 0 Å². The molecule has 0 aliphatic heterocycles. The third-order valence-electron chi connectivity index (χ3n) is 4.01. The van der Waals surface area contributed by atoms with Crippen LogP contribution in [0.1, 0.15) is 0 Å². The number of hydrogen-bond acceptors (Lipinski definition) is 2. The molecule has 6 heteroatoms. The van der Waals surface area contributed by atoms with Crippen molar-refractivity contribution in [1.82, 2.24) is 14.5 Å². The van der Waals surface area contributed by atoms with Gasteiger partial charge in [0.1, 0.15) is 0 Å². The number of nitrogens with zero attached hydrogens (tertiary/aromatic N) is 3. The van der Waals surface area contributed by atoms with E-state index in [2.05, 4.69) is 9.97 Å². The van der Waals surface area contributed by atoms with Gasteiger partial charge in [-0.25, -0.2) is 13.8 Å². The molecular weight excluding hydrogens is 303 g/mol. The molecule has 0 saturated heterocycles. The number of aryl methyl sites for hydroxylation is 1. The Kier molecular flexibility index (Phi) is 2.87. The molecule has 0 radical (unpaired) electrons. The van der Waals surface area contributed by atoms with Crippen LogP contribution in [0.3, 0.4) is 0 Å².